The lowest BCUT2D eigenvalue weighted by atomic mass is 9.95. The highest BCUT2D eigenvalue weighted by atomic mass is 15.1. The van der Waals surface area contributed by atoms with Gasteiger partial charge < -0.3 is 4.90 Å². The lowest BCUT2D eigenvalue weighted by Gasteiger charge is -2.34. The van der Waals surface area contributed by atoms with E-state index in [4.69, 9.17) is 5.26 Å². The monoisotopic (exact) mass is 215 g/mol. The molecule has 1 aliphatic heterocycles. The number of pyridine rings is 1. The van der Waals surface area contributed by atoms with E-state index < -0.39 is 0 Å². The number of nitrogens with zero attached hydrogens (tertiary/aromatic N) is 3. The predicted molar refractivity (Wildman–Crippen MR) is 64.2 cm³/mol. The fourth-order valence-electron chi connectivity index (χ4n) is 2.35. The molecule has 0 bridgehead atoms. The molecule has 1 fully saturated rings. The van der Waals surface area contributed by atoms with Gasteiger partial charge in [-0.05, 0) is 24.8 Å². The summed E-state index contributed by atoms with van der Waals surface area (Å²) in [5.74, 6) is 0.764. The second-order valence-electron chi connectivity index (χ2n) is 4.37. The van der Waals surface area contributed by atoms with Crippen molar-refractivity contribution in [3.8, 4) is 6.07 Å². The zero-order valence-electron chi connectivity index (χ0n) is 9.69. The number of rotatable bonds is 2. The van der Waals surface area contributed by atoms with E-state index in [0.29, 0.717) is 0 Å². The predicted octanol–water partition coefficient (Wildman–Crippen LogP) is 2.58. The minimum Gasteiger partial charge on any atom is -0.369 e. The van der Waals surface area contributed by atoms with Gasteiger partial charge in [0.15, 0.2) is 0 Å². The molecule has 0 amide bonds. The van der Waals surface area contributed by atoms with Crippen molar-refractivity contribution in [2.75, 3.05) is 18.0 Å². The highest BCUT2D eigenvalue weighted by Crippen LogP contribution is 2.26. The molecule has 84 valence electrons. The van der Waals surface area contributed by atoms with Gasteiger partial charge in [-0.3, -0.25) is 4.98 Å². The van der Waals surface area contributed by atoms with E-state index in [1.165, 1.54) is 19.3 Å². The summed E-state index contributed by atoms with van der Waals surface area (Å²) in [6, 6.07) is 4.04. The quantitative estimate of drug-likeness (QED) is 0.761. The Bertz CT molecular complexity index is 394. The van der Waals surface area contributed by atoms with Crippen LogP contribution < -0.4 is 4.90 Å². The normalized spacial score (nSPS) is 20.5. The molecule has 2 heterocycles. The van der Waals surface area contributed by atoms with Crippen LogP contribution in [0.25, 0.3) is 0 Å². The van der Waals surface area contributed by atoms with Gasteiger partial charge in [0.1, 0.15) is 6.07 Å². The van der Waals surface area contributed by atoms with E-state index in [1.54, 1.807) is 12.3 Å². The fourth-order valence-corrected chi connectivity index (χ4v) is 2.35. The number of hydrogen-bond acceptors (Lipinski definition) is 3. The fraction of sp³-hybridized carbons (Fsp3) is 0.538. The van der Waals surface area contributed by atoms with Gasteiger partial charge in [0.25, 0.3) is 0 Å². The van der Waals surface area contributed by atoms with Crippen LogP contribution in [0.1, 0.15) is 31.7 Å². The lowest BCUT2D eigenvalue weighted by molar-refractivity contribution is 0.404. The summed E-state index contributed by atoms with van der Waals surface area (Å²) in [4.78, 5) is 6.44. The molecular weight excluding hydrogens is 198 g/mol. The molecule has 1 atom stereocenters. The Morgan fingerprint density at radius 1 is 1.62 bits per heavy atom. The average molecular weight is 215 g/mol. The third-order valence-electron chi connectivity index (χ3n) is 3.36. The SMILES string of the molecule is CCC1CCCN(c2cnccc2C#N)C1. The summed E-state index contributed by atoms with van der Waals surface area (Å²) in [5.41, 5.74) is 1.75. The van der Waals surface area contributed by atoms with Crippen LogP contribution in [0.3, 0.4) is 0 Å². The highest BCUT2D eigenvalue weighted by molar-refractivity contribution is 5.57. The summed E-state index contributed by atoms with van der Waals surface area (Å²) in [6.07, 6.45) is 7.26. The van der Waals surface area contributed by atoms with Crippen LogP contribution in [-0.2, 0) is 0 Å². The molecule has 1 aliphatic rings. The lowest BCUT2D eigenvalue weighted by Crippen LogP contribution is -2.35. The first-order valence-corrected chi connectivity index (χ1v) is 5.94. The molecule has 3 nitrogen and oxygen atoms in total. The zero-order valence-corrected chi connectivity index (χ0v) is 9.69. The van der Waals surface area contributed by atoms with Gasteiger partial charge >= 0.3 is 0 Å². The Kier molecular flexibility index (Phi) is 3.40. The highest BCUT2D eigenvalue weighted by Gasteiger charge is 2.20. The summed E-state index contributed by atoms with van der Waals surface area (Å²) >= 11 is 0. The largest absolute Gasteiger partial charge is 0.369 e. The number of nitriles is 1. The third-order valence-corrected chi connectivity index (χ3v) is 3.36. The maximum atomic E-state index is 9.07. The molecule has 1 aromatic rings. The van der Waals surface area contributed by atoms with Gasteiger partial charge in [0, 0.05) is 19.3 Å². The first-order chi connectivity index (χ1) is 7.85. The van der Waals surface area contributed by atoms with Crippen LogP contribution in [-0.4, -0.2) is 18.1 Å². The number of anilines is 1. The Labute approximate surface area is 96.7 Å². The van der Waals surface area contributed by atoms with Crippen LogP contribution in [0, 0.1) is 17.2 Å². The van der Waals surface area contributed by atoms with Gasteiger partial charge in [0.05, 0.1) is 17.4 Å². The zero-order chi connectivity index (χ0) is 11.4. The van der Waals surface area contributed by atoms with Crippen molar-refractivity contribution in [2.45, 2.75) is 26.2 Å². The van der Waals surface area contributed by atoms with E-state index >= 15 is 0 Å². The van der Waals surface area contributed by atoms with Crippen molar-refractivity contribution < 1.29 is 0 Å². The molecule has 0 saturated carbocycles. The molecule has 0 N–H and O–H groups in total. The summed E-state index contributed by atoms with van der Waals surface area (Å²) < 4.78 is 0. The molecule has 0 spiro atoms. The molecule has 1 saturated heterocycles. The molecule has 0 aromatic carbocycles. The molecule has 3 heteroatoms. The van der Waals surface area contributed by atoms with Gasteiger partial charge in [-0.15, -0.1) is 0 Å². The van der Waals surface area contributed by atoms with E-state index in [-0.39, 0.29) is 0 Å². The maximum absolute atomic E-state index is 9.07. The molecule has 16 heavy (non-hydrogen) atoms. The van der Waals surface area contributed by atoms with E-state index in [9.17, 15) is 0 Å². The van der Waals surface area contributed by atoms with Crippen LogP contribution in [0.2, 0.25) is 0 Å². The van der Waals surface area contributed by atoms with Crippen LogP contribution >= 0.6 is 0 Å². The van der Waals surface area contributed by atoms with Crippen LogP contribution in [0.4, 0.5) is 5.69 Å². The smallest absolute Gasteiger partial charge is 0.101 e. The van der Waals surface area contributed by atoms with E-state index in [2.05, 4.69) is 22.9 Å². The first-order valence-electron chi connectivity index (χ1n) is 5.94. The minimum absolute atomic E-state index is 0.742. The van der Waals surface area contributed by atoms with Crippen molar-refractivity contribution in [1.82, 2.24) is 4.98 Å². The van der Waals surface area contributed by atoms with Gasteiger partial charge in [0.2, 0.25) is 0 Å². The topological polar surface area (TPSA) is 39.9 Å². The van der Waals surface area contributed by atoms with Crippen LogP contribution in [0.5, 0.6) is 0 Å². The van der Waals surface area contributed by atoms with Gasteiger partial charge in [-0.2, -0.15) is 5.26 Å². The van der Waals surface area contributed by atoms with E-state index in [1.807, 2.05) is 6.20 Å². The van der Waals surface area contributed by atoms with Crippen molar-refractivity contribution in [2.24, 2.45) is 5.92 Å². The summed E-state index contributed by atoms with van der Waals surface area (Å²) in [6.45, 7) is 4.36. The van der Waals surface area contributed by atoms with Crippen LogP contribution in [0.15, 0.2) is 18.5 Å². The van der Waals surface area contributed by atoms with Gasteiger partial charge in [-0.25, -0.2) is 0 Å². The molecule has 0 aliphatic carbocycles. The Morgan fingerprint density at radius 2 is 2.50 bits per heavy atom. The van der Waals surface area contributed by atoms with Gasteiger partial charge in [-0.1, -0.05) is 13.3 Å². The molecule has 1 unspecified atom stereocenters. The van der Waals surface area contributed by atoms with Crippen molar-refractivity contribution in [1.29, 1.82) is 5.26 Å². The Balaban J connectivity index is 2.20. The summed E-state index contributed by atoms with van der Waals surface area (Å²) in [7, 11) is 0. The minimum atomic E-state index is 0.742. The van der Waals surface area contributed by atoms with E-state index in [0.717, 1.165) is 30.3 Å². The Morgan fingerprint density at radius 3 is 3.25 bits per heavy atom. The van der Waals surface area contributed by atoms with Crippen molar-refractivity contribution in [3.05, 3.63) is 24.0 Å². The number of hydrogen-bond donors (Lipinski definition) is 0. The first kappa shape index (κ1) is 10.9. The third kappa shape index (κ3) is 2.16. The summed E-state index contributed by atoms with van der Waals surface area (Å²) in [5, 5.41) is 9.07. The standard InChI is InChI=1S/C13H17N3/c1-2-11-4-3-7-16(10-11)13-9-15-6-5-12(13)8-14/h5-6,9,11H,2-4,7,10H2,1H3. The van der Waals surface area contributed by atoms with Crippen molar-refractivity contribution >= 4 is 5.69 Å². The average Bonchev–Trinajstić information content (AvgIpc) is 2.38. The second-order valence-corrected chi connectivity index (χ2v) is 4.37. The maximum Gasteiger partial charge on any atom is 0.101 e. The second kappa shape index (κ2) is 4.98. The Hall–Kier alpha value is -1.56. The molecule has 2 rings (SSSR count). The molecule has 1 aromatic heterocycles. The molecular formula is C13H17N3. The number of piperidine rings is 1. The molecule has 0 radical (unpaired) electrons. The number of aromatic nitrogens is 1. The van der Waals surface area contributed by atoms with Crippen molar-refractivity contribution in [3.63, 3.8) is 0 Å².